The normalized spacial score (nSPS) is 10.7. The topological polar surface area (TPSA) is 38.1 Å². The molecule has 0 radical (unpaired) electrons. The number of hydrogen-bond donors (Lipinski definition) is 1. The van der Waals surface area contributed by atoms with Crippen molar-refractivity contribution >= 4 is 32.5 Å². The summed E-state index contributed by atoms with van der Waals surface area (Å²) in [5.41, 5.74) is 2.05. The van der Waals surface area contributed by atoms with Crippen molar-refractivity contribution in [3.63, 3.8) is 0 Å². The van der Waals surface area contributed by atoms with Crippen LogP contribution in [0.15, 0.2) is 57.7 Å². The fourth-order valence-corrected chi connectivity index (χ4v) is 2.23. The number of nitrogens with one attached hydrogen (secondary N) is 1. The zero-order chi connectivity index (χ0) is 12.4. The third-order valence-electron chi connectivity index (χ3n) is 2.78. The molecule has 0 fully saturated rings. The number of nitrogens with zero attached hydrogens (tertiary/aromatic N) is 1. The minimum atomic E-state index is 0.640. The van der Waals surface area contributed by atoms with Crippen molar-refractivity contribution in [2.75, 3.05) is 5.32 Å². The molecule has 2 heterocycles. The van der Waals surface area contributed by atoms with Gasteiger partial charge in [0.25, 0.3) is 0 Å². The van der Waals surface area contributed by atoms with Crippen LogP contribution >= 0.6 is 15.9 Å². The first-order valence-corrected chi connectivity index (χ1v) is 6.43. The minimum absolute atomic E-state index is 0.640. The van der Waals surface area contributed by atoms with Gasteiger partial charge in [-0.3, -0.25) is 4.98 Å². The molecule has 0 unspecified atom stereocenters. The molecule has 0 aliphatic heterocycles. The van der Waals surface area contributed by atoms with Crippen LogP contribution in [0.5, 0.6) is 0 Å². The van der Waals surface area contributed by atoms with Gasteiger partial charge in [-0.2, -0.15) is 0 Å². The molecule has 0 saturated heterocycles. The highest BCUT2D eigenvalue weighted by Gasteiger charge is 2.05. The molecule has 3 nitrogen and oxygen atoms in total. The summed E-state index contributed by atoms with van der Waals surface area (Å²) in [4.78, 5) is 4.33. The lowest BCUT2D eigenvalue weighted by molar-refractivity contribution is 0.516. The van der Waals surface area contributed by atoms with E-state index < -0.39 is 0 Å². The lowest BCUT2D eigenvalue weighted by Gasteiger charge is -2.08. The molecule has 0 aliphatic rings. The van der Waals surface area contributed by atoms with Crippen LogP contribution in [0.1, 0.15) is 5.76 Å². The summed E-state index contributed by atoms with van der Waals surface area (Å²) < 4.78 is 6.35. The van der Waals surface area contributed by atoms with E-state index in [0.29, 0.717) is 6.54 Å². The quantitative estimate of drug-likeness (QED) is 0.788. The second-order valence-electron chi connectivity index (χ2n) is 3.92. The van der Waals surface area contributed by atoms with Gasteiger partial charge in [0.05, 0.1) is 22.8 Å². The molecule has 2 aromatic heterocycles. The monoisotopic (exact) mass is 302 g/mol. The van der Waals surface area contributed by atoms with E-state index in [-0.39, 0.29) is 0 Å². The Labute approximate surface area is 113 Å². The Hall–Kier alpha value is -1.81. The van der Waals surface area contributed by atoms with E-state index >= 15 is 0 Å². The van der Waals surface area contributed by atoms with Crippen molar-refractivity contribution < 1.29 is 4.42 Å². The first-order chi connectivity index (χ1) is 8.84. The molecule has 0 bridgehead atoms. The molecule has 3 rings (SSSR count). The van der Waals surface area contributed by atoms with Crippen molar-refractivity contribution in [3.05, 3.63) is 59.1 Å². The van der Waals surface area contributed by atoms with E-state index in [9.17, 15) is 0 Å². The fraction of sp³-hybridized carbons (Fsp3) is 0.0714. The summed E-state index contributed by atoms with van der Waals surface area (Å²) in [6.07, 6.45) is 3.47. The van der Waals surface area contributed by atoms with Crippen molar-refractivity contribution in [1.82, 2.24) is 4.98 Å². The summed E-state index contributed by atoms with van der Waals surface area (Å²) >= 11 is 3.44. The molecule has 0 atom stereocenters. The van der Waals surface area contributed by atoms with Gasteiger partial charge in [-0.1, -0.05) is 6.07 Å². The minimum Gasteiger partial charge on any atom is -0.466 e. The lowest BCUT2D eigenvalue weighted by atomic mass is 10.2. The van der Waals surface area contributed by atoms with E-state index in [1.165, 1.54) is 0 Å². The molecule has 0 saturated carbocycles. The van der Waals surface area contributed by atoms with Crippen LogP contribution in [0.4, 0.5) is 5.69 Å². The highest BCUT2D eigenvalue weighted by molar-refractivity contribution is 9.10. The number of halogens is 1. The third-order valence-corrected chi connectivity index (χ3v) is 3.48. The van der Waals surface area contributed by atoms with Crippen molar-refractivity contribution in [2.45, 2.75) is 6.54 Å². The Morgan fingerprint density at radius 3 is 2.94 bits per heavy atom. The van der Waals surface area contributed by atoms with Gasteiger partial charge in [0, 0.05) is 17.3 Å². The highest BCUT2D eigenvalue weighted by Crippen LogP contribution is 2.23. The molecule has 1 aromatic carbocycles. The van der Waals surface area contributed by atoms with E-state index in [2.05, 4.69) is 32.3 Å². The van der Waals surface area contributed by atoms with E-state index in [0.717, 1.165) is 26.8 Å². The van der Waals surface area contributed by atoms with Gasteiger partial charge in [-0.15, -0.1) is 0 Å². The van der Waals surface area contributed by atoms with Crippen LogP contribution in [0.3, 0.4) is 0 Å². The molecule has 0 spiro atoms. The van der Waals surface area contributed by atoms with Gasteiger partial charge >= 0.3 is 0 Å². The molecule has 4 heteroatoms. The van der Waals surface area contributed by atoms with Gasteiger partial charge in [-0.25, -0.2) is 0 Å². The number of aromatic nitrogens is 1. The maximum absolute atomic E-state index is 5.37. The summed E-state index contributed by atoms with van der Waals surface area (Å²) in [6, 6.07) is 11.9. The number of hydrogen-bond acceptors (Lipinski definition) is 3. The number of pyridine rings is 1. The van der Waals surface area contributed by atoms with Gasteiger partial charge < -0.3 is 9.73 Å². The fourth-order valence-electron chi connectivity index (χ4n) is 1.88. The van der Waals surface area contributed by atoms with Crippen LogP contribution in [-0.4, -0.2) is 4.98 Å². The highest BCUT2D eigenvalue weighted by atomic mass is 79.9. The third kappa shape index (κ3) is 2.11. The predicted octanol–water partition coefficient (Wildman–Crippen LogP) is 4.20. The number of anilines is 1. The van der Waals surface area contributed by atoms with Crippen molar-refractivity contribution in [3.8, 4) is 0 Å². The van der Waals surface area contributed by atoms with Gasteiger partial charge in [0.1, 0.15) is 5.76 Å². The zero-order valence-electron chi connectivity index (χ0n) is 9.56. The molecule has 0 amide bonds. The van der Waals surface area contributed by atoms with E-state index in [1.54, 1.807) is 12.5 Å². The Bertz CT molecular complexity index is 673. The maximum Gasteiger partial charge on any atom is 0.136 e. The largest absolute Gasteiger partial charge is 0.466 e. The Balaban J connectivity index is 1.89. The summed E-state index contributed by atoms with van der Waals surface area (Å²) in [5, 5.41) is 4.48. The first kappa shape index (κ1) is 11.3. The van der Waals surface area contributed by atoms with Gasteiger partial charge in [0.2, 0.25) is 0 Å². The first-order valence-electron chi connectivity index (χ1n) is 5.64. The van der Waals surface area contributed by atoms with Gasteiger partial charge in [0.15, 0.2) is 0 Å². The molecule has 90 valence electrons. The Kier molecular flexibility index (Phi) is 3.02. The molecular formula is C14H11BrN2O. The molecule has 18 heavy (non-hydrogen) atoms. The smallest absolute Gasteiger partial charge is 0.136 e. The van der Waals surface area contributed by atoms with Crippen molar-refractivity contribution in [2.24, 2.45) is 0 Å². The van der Waals surface area contributed by atoms with Gasteiger partial charge in [-0.05, 0) is 46.3 Å². The second kappa shape index (κ2) is 4.82. The second-order valence-corrected chi connectivity index (χ2v) is 4.78. The average molecular weight is 303 g/mol. The molecule has 3 aromatic rings. The van der Waals surface area contributed by atoms with Crippen LogP contribution in [0, 0.1) is 0 Å². The van der Waals surface area contributed by atoms with Crippen LogP contribution in [0.2, 0.25) is 0 Å². The predicted molar refractivity (Wildman–Crippen MR) is 75.5 cm³/mol. The SMILES string of the molecule is Brc1ccoc1CNc1cccc2ncccc12. The summed E-state index contributed by atoms with van der Waals surface area (Å²) in [7, 11) is 0. The molecule has 1 N–H and O–H groups in total. The van der Waals surface area contributed by atoms with E-state index in [1.807, 2.05) is 30.3 Å². The Morgan fingerprint density at radius 2 is 2.11 bits per heavy atom. The summed E-state index contributed by atoms with van der Waals surface area (Å²) in [5.74, 6) is 0.885. The maximum atomic E-state index is 5.37. The van der Waals surface area contributed by atoms with Crippen LogP contribution in [0.25, 0.3) is 10.9 Å². The number of rotatable bonds is 3. The molecular weight excluding hydrogens is 292 g/mol. The molecule has 0 aliphatic carbocycles. The average Bonchev–Trinajstić information content (AvgIpc) is 2.82. The van der Waals surface area contributed by atoms with E-state index in [4.69, 9.17) is 4.42 Å². The van der Waals surface area contributed by atoms with Crippen LogP contribution in [-0.2, 0) is 6.54 Å². The number of benzene rings is 1. The number of fused-ring (bicyclic) bond motifs is 1. The number of furan rings is 1. The standard InChI is InChI=1S/C14H11BrN2O/c15-11-6-8-18-14(11)9-17-13-5-1-4-12-10(13)3-2-7-16-12/h1-8,17H,9H2. The van der Waals surface area contributed by atoms with Crippen LogP contribution < -0.4 is 5.32 Å². The summed E-state index contributed by atoms with van der Waals surface area (Å²) in [6.45, 7) is 0.640. The lowest BCUT2D eigenvalue weighted by Crippen LogP contribution is -1.99. The Morgan fingerprint density at radius 1 is 1.17 bits per heavy atom. The zero-order valence-corrected chi connectivity index (χ0v) is 11.1. The van der Waals surface area contributed by atoms with Crippen molar-refractivity contribution in [1.29, 1.82) is 0 Å².